The number of hydrogen-bond donors (Lipinski definition) is 0. The van der Waals surface area contributed by atoms with Crippen LogP contribution in [0.2, 0.25) is 0 Å². The van der Waals surface area contributed by atoms with Crippen LogP contribution in [0, 0.1) is 18.3 Å². The zero-order valence-corrected chi connectivity index (χ0v) is 7.33. The van der Waals surface area contributed by atoms with Crippen LogP contribution in [0.5, 0.6) is 11.5 Å². The first-order valence-electron chi connectivity index (χ1n) is 4.07. The molecule has 0 saturated heterocycles. The van der Waals surface area contributed by atoms with Crippen molar-refractivity contribution < 1.29 is 9.47 Å². The molecule has 0 atom stereocenters. The van der Waals surface area contributed by atoms with Gasteiger partial charge in [-0.1, -0.05) is 6.07 Å². The molecule has 0 N–H and O–H groups in total. The SMILES string of the molecule is Cc1cc(CC#N)c2c(c1)OCO2. The molecule has 0 amide bonds. The molecule has 0 fully saturated rings. The molecule has 0 radical (unpaired) electrons. The molecule has 3 heteroatoms. The predicted octanol–water partition coefficient (Wildman–Crippen LogP) is 1.79. The van der Waals surface area contributed by atoms with E-state index >= 15 is 0 Å². The summed E-state index contributed by atoms with van der Waals surface area (Å²) in [5.41, 5.74) is 2.00. The van der Waals surface area contributed by atoms with Crippen LogP contribution < -0.4 is 9.47 Å². The van der Waals surface area contributed by atoms with Gasteiger partial charge in [0.05, 0.1) is 12.5 Å². The molecule has 0 unspecified atom stereocenters. The third-order valence-corrected chi connectivity index (χ3v) is 1.96. The lowest BCUT2D eigenvalue weighted by molar-refractivity contribution is 0.173. The topological polar surface area (TPSA) is 42.2 Å². The largest absolute Gasteiger partial charge is 0.454 e. The van der Waals surface area contributed by atoms with Gasteiger partial charge >= 0.3 is 0 Å². The van der Waals surface area contributed by atoms with Crippen molar-refractivity contribution in [2.24, 2.45) is 0 Å². The summed E-state index contributed by atoms with van der Waals surface area (Å²) in [6.07, 6.45) is 0.368. The fourth-order valence-corrected chi connectivity index (χ4v) is 1.45. The Labute approximate surface area is 76.5 Å². The zero-order chi connectivity index (χ0) is 9.26. The molecule has 1 aliphatic heterocycles. The average Bonchev–Trinajstić information content (AvgIpc) is 2.52. The van der Waals surface area contributed by atoms with Crippen molar-refractivity contribution >= 4 is 0 Å². The maximum atomic E-state index is 8.60. The van der Waals surface area contributed by atoms with Gasteiger partial charge < -0.3 is 9.47 Å². The Hall–Kier alpha value is -1.69. The van der Waals surface area contributed by atoms with Crippen LogP contribution in [0.25, 0.3) is 0 Å². The molecular formula is C10H9NO2. The van der Waals surface area contributed by atoms with E-state index in [0.29, 0.717) is 6.42 Å². The standard InChI is InChI=1S/C10H9NO2/c1-7-4-8(2-3-11)10-9(5-7)12-6-13-10/h4-5H,2,6H2,1H3. The summed E-state index contributed by atoms with van der Waals surface area (Å²) in [6, 6.07) is 5.98. The Bertz CT molecular complexity index is 379. The van der Waals surface area contributed by atoms with Gasteiger partial charge in [0.25, 0.3) is 0 Å². The zero-order valence-electron chi connectivity index (χ0n) is 7.33. The molecule has 1 aromatic rings. The molecular weight excluding hydrogens is 166 g/mol. The van der Waals surface area contributed by atoms with Gasteiger partial charge in [0, 0.05) is 5.56 Å². The highest BCUT2D eigenvalue weighted by Crippen LogP contribution is 2.36. The van der Waals surface area contributed by atoms with Crippen molar-refractivity contribution in [1.29, 1.82) is 5.26 Å². The maximum absolute atomic E-state index is 8.60. The normalized spacial score (nSPS) is 12.6. The van der Waals surface area contributed by atoms with Gasteiger partial charge in [-0.25, -0.2) is 0 Å². The van der Waals surface area contributed by atoms with E-state index in [1.54, 1.807) is 0 Å². The summed E-state index contributed by atoms with van der Waals surface area (Å²) in [7, 11) is 0. The lowest BCUT2D eigenvalue weighted by Crippen LogP contribution is -1.94. The second-order valence-electron chi connectivity index (χ2n) is 2.99. The van der Waals surface area contributed by atoms with Crippen LogP contribution in [-0.2, 0) is 6.42 Å². The number of aryl methyl sites for hydroxylation is 1. The van der Waals surface area contributed by atoms with Gasteiger partial charge in [-0.15, -0.1) is 0 Å². The monoisotopic (exact) mass is 175 g/mol. The second kappa shape index (κ2) is 2.98. The Morgan fingerprint density at radius 3 is 3.08 bits per heavy atom. The van der Waals surface area contributed by atoms with Gasteiger partial charge in [0.1, 0.15) is 0 Å². The van der Waals surface area contributed by atoms with Crippen LogP contribution >= 0.6 is 0 Å². The quantitative estimate of drug-likeness (QED) is 0.653. The van der Waals surface area contributed by atoms with Gasteiger partial charge in [-0.2, -0.15) is 5.26 Å². The number of hydrogen-bond acceptors (Lipinski definition) is 3. The van der Waals surface area contributed by atoms with E-state index in [1.165, 1.54) is 0 Å². The van der Waals surface area contributed by atoms with Crippen molar-refractivity contribution in [2.45, 2.75) is 13.3 Å². The van der Waals surface area contributed by atoms with E-state index in [-0.39, 0.29) is 6.79 Å². The van der Waals surface area contributed by atoms with Crippen molar-refractivity contribution in [3.8, 4) is 17.6 Å². The summed E-state index contributed by atoms with van der Waals surface area (Å²) in [5.74, 6) is 1.48. The maximum Gasteiger partial charge on any atom is 0.231 e. The third kappa shape index (κ3) is 1.31. The lowest BCUT2D eigenvalue weighted by Gasteiger charge is -2.02. The first-order chi connectivity index (χ1) is 6.31. The third-order valence-electron chi connectivity index (χ3n) is 1.96. The minimum absolute atomic E-state index is 0.261. The summed E-state index contributed by atoms with van der Waals surface area (Å²) in [5, 5.41) is 8.60. The summed E-state index contributed by atoms with van der Waals surface area (Å²) in [6.45, 7) is 2.24. The number of nitriles is 1. The molecule has 3 nitrogen and oxygen atoms in total. The van der Waals surface area contributed by atoms with E-state index < -0.39 is 0 Å². The van der Waals surface area contributed by atoms with E-state index in [1.807, 2.05) is 19.1 Å². The van der Waals surface area contributed by atoms with Crippen molar-refractivity contribution in [3.05, 3.63) is 23.3 Å². The Kier molecular flexibility index (Phi) is 1.82. The van der Waals surface area contributed by atoms with Crippen molar-refractivity contribution in [3.63, 3.8) is 0 Å². The minimum Gasteiger partial charge on any atom is -0.454 e. The molecule has 13 heavy (non-hydrogen) atoms. The average molecular weight is 175 g/mol. The molecule has 1 aliphatic rings. The molecule has 0 spiro atoms. The number of benzene rings is 1. The Morgan fingerprint density at radius 1 is 1.46 bits per heavy atom. The molecule has 0 saturated carbocycles. The number of rotatable bonds is 1. The fourth-order valence-electron chi connectivity index (χ4n) is 1.45. The smallest absolute Gasteiger partial charge is 0.231 e. The fraction of sp³-hybridized carbons (Fsp3) is 0.300. The molecule has 2 rings (SSSR count). The summed E-state index contributed by atoms with van der Waals surface area (Å²) in [4.78, 5) is 0. The Balaban J connectivity index is 2.50. The first kappa shape index (κ1) is 7.93. The van der Waals surface area contributed by atoms with Crippen LogP contribution in [0.4, 0.5) is 0 Å². The van der Waals surface area contributed by atoms with E-state index in [0.717, 1.165) is 22.6 Å². The van der Waals surface area contributed by atoms with Gasteiger partial charge in [-0.3, -0.25) is 0 Å². The highest BCUT2D eigenvalue weighted by atomic mass is 16.7. The lowest BCUT2D eigenvalue weighted by atomic mass is 10.1. The number of fused-ring (bicyclic) bond motifs is 1. The first-order valence-corrected chi connectivity index (χ1v) is 4.07. The highest BCUT2D eigenvalue weighted by Gasteiger charge is 2.17. The Morgan fingerprint density at radius 2 is 2.31 bits per heavy atom. The number of nitrogens with zero attached hydrogens (tertiary/aromatic N) is 1. The van der Waals surface area contributed by atoms with Crippen molar-refractivity contribution in [2.75, 3.05) is 6.79 Å². The second-order valence-corrected chi connectivity index (χ2v) is 2.99. The van der Waals surface area contributed by atoms with Gasteiger partial charge in [0.2, 0.25) is 6.79 Å². The van der Waals surface area contributed by atoms with Crippen LogP contribution in [0.1, 0.15) is 11.1 Å². The molecule has 0 aliphatic carbocycles. The van der Waals surface area contributed by atoms with Gasteiger partial charge in [0.15, 0.2) is 11.5 Å². The summed E-state index contributed by atoms with van der Waals surface area (Å²) < 4.78 is 10.5. The molecule has 66 valence electrons. The van der Waals surface area contributed by atoms with E-state index in [2.05, 4.69) is 6.07 Å². The minimum atomic E-state index is 0.261. The number of ether oxygens (including phenoxy) is 2. The van der Waals surface area contributed by atoms with Crippen LogP contribution in [0.3, 0.4) is 0 Å². The molecule has 1 aromatic carbocycles. The van der Waals surface area contributed by atoms with Crippen LogP contribution in [-0.4, -0.2) is 6.79 Å². The van der Waals surface area contributed by atoms with Crippen molar-refractivity contribution in [1.82, 2.24) is 0 Å². The van der Waals surface area contributed by atoms with Crippen LogP contribution in [0.15, 0.2) is 12.1 Å². The van der Waals surface area contributed by atoms with E-state index in [4.69, 9.17) is 14.7 Å². The predicted molar refractivity (Wildman–Crippen MR) is 46.6 cm³/mol. The molecule has 0 bridgehead atoms. The van der Waals surface area contributed by atoms with E-state index in [9.17, 15) is 0 Å². The van der Waals surface area contributed by atoms with Gasteiger partial charge in [-0.05, 0) is 18.6 Å². The molecule has 1 heterocycles. The highest BCUT2D eigenvalue weighted by molar-refractivity contribution is 5.51. The molecule has 0 aromatic heterocycles. The summed E-state index contributed by atoms with van der Waals surface area (Å²) >= 11 is 0.